The summed E-state index contributed by atoms with van der Waals surface area (Å²) in [7, 11) is -2.38. The number of carbonyl (C=O) groups is 1. The number of esters is 1. The van der Waals surface area contributed by atoms with Crippen LogP contribution in [0.4, 0.5) is 0 Å². The topological polar surface area (TPSA) is 76.6 Å². The second-order valence-electron chi connectivity index (χ2n) is 7.94. The Morgan fingerprint density at radius 2 is 1.83 bits per heavy atom. The lowest BCUT2D eigenvalue weighted by Gasteiger charge is -2.23. The first-order valence-corrected chi connectivity index (χ1v) is 12.0. The van der Waals surface area contributed by atoms with Crippen LogP contribution in [0.3, 0.4) is 0 Å². The highest BCUT2D eigenvalue weighted by Crippen LogP contribution is 2.26. The summed E-state index contributed by atoms with van der Waals surface area (Å²) in [5, 5.41) is 2.16. The maximum Gasteiger partial charge on any atom is 0.357 e. The van der Waals surface area contributed by atoms with E-state index in [1.165, 1.54) is 22.8 Å². The van der Waals surface area contributed by atoms with Gasteiger partial charge in [-0.15, -0.1) is 11.3 Å². The van der Waals surface area contributed by atoms with Crippen molar-refractivity contribution in [3.63, 3.8) is 0 Å². The monoisotopic (exact) mass is 438 g/mol. The summed E-state index contributed by atoms with van der Waals surface area (Å²) in [5.74, 6) is -0.523. The predicted octanol–water partition coefficient (Wildman–Crippen LogP) is 4.61. The molecule has 0 aliphatic carbocycles. The third-order valence-corrected chi connectivity index (χ3v) is 7.32. The van der Waals surface area contributed by atoms with Gasteiger partial charge >= 0.3 is 5.97 Å². The van der Waals surface area contributed by atoms with E-state index in [-0.39, 0.29) is 22.5 Å². The number of carbonyl (C=O) groups excluding carboxylic acids is 1. The maximum atomic E-state index is 13.3. The van der Waals surface area contributed by atoms with Crippen LogP contribution in [0, 0.1) is 0 Å². The van der Waals surface area contributed by atoms with Gasteiger partial charge in [0.1, 0.15) is 5.01 Å². The van der Waals surface area contributed by atoms with Crippen molar-refractivity contribution in [2.45, 2.75) is 63.8 Å². The number of benzene rings is 1. The van der Waals surface area contributed by atoms with Crippen LogP contribution in [-0.2, 0) is 26.7 Å². The second kappa shape index (κ2) is 9.82. The van der Waals surface area contributed by atoms with Crippen LogP contribution in [0.25, 0.3) is 0 Å². The maximum absolute atomic E-state index is 13.3. The molecule has 1 aromatic heterocycles. The van der Waals surface area contributed by atoms with E-state index in [1.54, 1.807) is 17.5 Å². The zero-order chi connectivity index (χ0) is 21.7. The molecule has 0 atom stereocenters. The molecule has 1 heterocycles. The summed E-state index contributed by atoms with van der Waals surface area (Å²) in [4.78, 5) is 16.2. The molecule has 0 fully saturated rings. The lowest BCUT2D eigenvalue weighted by atomic mass is 9.87. The quantitative estimate of drug-likeness (QED) is 0.422. The Kier molecular flexibility index (Phi) is 7.96. The van der Waals surface area contributed by atoms with Crippen molar-refractivity contribution in [3.8, 4) is 0 Å². The molecule has 2 rings (SSSR count). The molecule has 0 radical (unpaired) electrons. The normalized spacial score (nSPS) is 12.3. The Balaban J connectivity index is 2.29. The van der Waals surface area contributed by atoms with E-state index in [1.807, 2.05) is 12.1 Å². The zero-order valence-corrected chi connectivity index (χ0v) is 19.4. The van der Waals surface area contributed by atoms with Crippen molar-refractivity contribution in [2.75, 3.05) is 13.7 Å². The molecular formula is C21H30N2O4S2. The number of nitrogens with zero attached hydrogens (tertiary/aromatic N) is 2. The predicted molar refractivity (Wildman–Crippen MR) is 116 cm³/mol. The minimum atomic E-state index is -3.67. The number of aromatic nitrogens is 1. The number of thiazole rings is 1. The molecule has 0 aliphatic heterocycles. The fourth-order valence-electron chi connectivity index (χ4n) is 2.83. The van der Waals surface area contributed by atoms with Gasteiger partial charge in [0.2, 0.25) is 10.0 Å². The van der Waals surface area contributed by atoms with Crippen LogP contribution in [0.2, 0.25) is 0 Å². The highest BCUT2D eigenvalue weighted by atomic mass is 32.2. The van der Waals surface area contributed by atoms with Crippen molar-refractivity contribution in [1.29, 1.82) is 0 Å². The second-order valence-corrected chi connectivity index (χ2v) is 10.8. The molecule has 8 heteroatoms. The van der Waals surface area contributed by atoms with Crippen molar-refractivity contribution >= 4 is 27.3 Å². The van der Waals surface area contributed by atoms with Crippen molar-refractivity contribution in [1.82, 2.24) is 9.29 Å². The van der Waals surface area contributed by atoms with Gasteiger partial charge in [-0.05, 0) is 29.5 Å². The molecule has 0 saturated carbocycles. The van der Waals surface area contributed by atoms with E-state index in [2.05, 4.69) is 37.4 Å². The Hall–Kier alpha value is -1.77. The molecule has 29 heavy (non-hydrogen) atoms. The first kappa shape index (κ1) is 23.5. The molecule has 0 amide bonds. The Labute approximate surface area is 178 Å². The van der Waals surface area contributed by atoms with E-state index in [0.29, 0.717) is 11.6 Å². The third-order valence-electron chi connectivity index (χ3n) is 4.63. The van der Waals surface area contributed by atoms with E-state index >= 15 is 0 Å². The molecule has 0 unspecified atom stereocenters. The number of unbranched alkanes of at least 4 members (excludes halogenated alkanes) is 2. The Morgan fingerprint density at radius 1 is 1.17 bits per heavy atom. The molecule has 0 N–H and O–H groups in total. The fourth-order valence-corrected chi connectivity index (χ4v) is 5.13. The molecule has 0 bridgehead atoms. The van der Waals surface area contributed by atoms with Crippen LogP contribution in [0.5, 0.6) is 0 Å². The Morgan fingerprint density at radius 3 is 2.38 bits per heavy atom. The third kappa shape index (κ3) is 6.10. The van der Waals surface area contributed by atoms with Crippen LogP contribution < -0.4 is 0 Å². The summed E-state index contributed by atoms with van der Waals surface area (Å²) in [6.07, 6.45) is 2.71. The average Bonchev–Trinajstić information content (AvgIpc) is 3.15. The summed E-state index contributed by atoms with van der Waals surface area (Å²) in [5.41, 5.74) is 1.23. The lowest BCUT2D eigenvalue weighted by molar-refractivity contribution is 0.0594. The molecule has 2 aromatic rings. The van der Waals surface area contributed by atoms with Gasteiger partial charge in [0.15, 0.2) is 5.69 Å². The number of rotatable bonds is 9. The molecule has 1 aromatic carbocycles. The fraction of sp³-hybridized carbons (Fsp3) is 0.524. The van der Waals surface area contributed by atoms with E-state index < -0.39 is 16.0 Å². The van der Waals surface area contributed by atoms with Gasteiger partial charge in [-0.25, -0.2) is 18.2 Å². The number of hydrogen-bond acceptors (Lipinski definition) is 6. The summed E-state index contributed by atoms with van der Waals surface area (Å²) >= 11 is 1.26. The number of hydrogen-bond donors (Lipinski definition) is 0. The first-order valence-electron chi connectivity index (χ1n) is 9.73. The molecule has 0 saturated heterocycles. The highest BCUT2D eigenvalue weighted by Gasteiger charge is 2.26. The van der Waals surface area contributed by atoms with Gasteiger partial charge in [-0.2, -0.15) is 4.31 Å². The summed E-state index contributed by atoms with van der Waals surface area (Å²) in [6.45, 7) is 8.89. The van der Waals surface area contributed by atoms with Gasteiger partial charge in [-0.1, -0.05) is 52.7 Å². The average molecular weight is 439 g/mol. The van der Waals surface area contributed by atoms with Gasteiger partial charge in [-0.3, -0.25) is 0 Å². The van der Waals surface area contributed by atoms with Crippen molar-refractivity contribution in [3.05, 3.63) is 45.9 Å². The van der Waals surface area contributed by atoms with E-state index in [0.717, 1.165) is 24.8 Å². The minimum absolute atomic E-state index is 0.0473. The van der Waals surface area contributed by atoms with Gasteiger partial charge in [0, 0.05) is 11.9 Å². The van der Waals surface area contributed by atoms with Gasteiger partial charge < -0.3 is 4.74 Å². The standard InChI is InChI=1S/C21H30N2O4S2/c1-6-7-8-13-23(14-19-22-18(15-28-19)20(24)27-5)29(25,26)17-11-9-16(10-12-17)21(2,3)4/h9-12,15H,6-8,13-14H2,1-5H3. The summed E-state index contributed by atoms with van der Waals surface area (Å²) < 4.78 is 32.7. The molecular weight excluding hydrogens is 408 g/mol. The van der Waals surface area contributed by atoms with Crippen molar-refractivity contribution in [2.24, 2.45) is 0 Å². The Bertz CT molecular complexity index is 913. The minimum Gasteiger partial charge on any atom is -0.464 e. The number of methoxy groups -OCH3 is 1. The highest BCUT2D eigenvalue weighted by molar-refractivity contribution is 7.89. The molecule has 0 aliphatic rings. The molecule has 0 spiro atoms. The SMILES string of the molecule is CCCCCN(Cc1nc(C(=O)OC)cs1)S(=O)(=O)c1ccc(C(C)(C)C)cc1. The smallest absolute Gasteiger partial charge is 0.357 e. The van der Waals surface area contributed by atoms with Crippen molar-refractivity contribution < 1.29 is 17.9 Å². The number of ether oxygens (including phenoxy) is 1. The first-order chi connectivity index (χ1) is 13.6. The van der Waals surface area contributed by atoms with Gasteiger partial charge in [0.05, 0.1) is 18.6 Å². The van der Waals surface area contributed by atoms with Crippen LogP contribution in [-0.4, -0.2) is 37.3 Å². The lowest BCUT2D eigenvalue weighted by Crippen LogP contribution is -2.31. The van der Waals surface area contributed by atoms with Crippen LogP contribution in [0.1, 0.15) is 68.0 Å². The van der Waals surface area contributed by atoms with E-state index in [9.17, 15) is 13.2 Å². The number of sulfonamides is 1. The van der Waals surface area contributed by atoms with Gasteiger partial charge in [0.25, 0.3) is 0 Å². The summed E-state index contributed by atoms with van der Waals surface area (Å²) in [6, 6.07) is 7.08. The van der Waals surface area contributed by atoms with Crippen LogP contribution >= 0.6 is 11.3 Å². The largest absolute Gasteiger partial charge is 0.464 e. The van der Waals surface area contributed by atoms with E-state index in [4.69, 9.17) is 0 Å². The van der Waals surface area contributed by atoms with Crippen LogP contribution in [0.15, 0.2) is 34.5 Å². The molecule has 160 valence electrons. The zero-order valence-electron chi connectivity index (χ0n) is 17.8. The molecule has 6 nitrogen and oxygen atoms in total.